The Labute approximate surface area is 125 Å². The minimum Gasteiger partial charge on any atom is -0.478 e. The van der Waals surface area contributed by atoms with Crippen LogP contribution in [0.5, 0.6) is 0 Å². The van der Waals surface area contributed by atoms with Crippen molar-refractivity contribution in [1.82, 2.24) is 5.32 Å². The van der Waals surface area contributed by atoms with E-state index in [1.54, 1.807) is 25.1 Å². The van der Waals surface area contributed by atoms with Crippen LogP contribution in [0.4, 0.5) is 10.5 Å². The maximum atomic E-state index is 12.0. The molecule has 0 aliphatic rings. The zero-order valence-electron chi connectivity index (χ0n) is 13.1. The van der Waals surface area contributed by atoms with E-state index in [0.29, 0.717) is 17.2 Å². The van der Waals surface area contributed by atoms with Gasteiger partial charge in [0, 0.05) is 6.04 Å². The number of aromatic carboxylic acids is 1. The zero-order chi connectivity index (χ0) is 16.0. The highest BCUT2D eigenvalue weighted by Gasteiger charge is 2.16. The maximum absolute atomic E-state index is 12.0. The fraction of sp³-hybridized carbons (Fsp3) is 0.500. The number of carbonyl (C=O) groups is 2. The van der Waals surface area contributed by atoms with Crippen LogP contribution in [-0.4, -0.2) is 23.1 Å². The van der Waals surface area contributed by atoms with E-state index in [-0.39, 0.29) is 17.6 Å². The first kappa shape index (κ1) is 17.0. The molecule has 2 unspecified atom stereocenters. The Kier molecular flexibility index (Phi) is 6.21. The highest BCUT2D eigenvalue weighted by molar-refractivity contribution is 6.01. The van der Waals surface area contributed by atoms with Gasteiger partial charge in [-0.2, -0.15) is 0 Å². The van der Waals surface area contributed by atoms with Gasteiger partial charge in [0.1, 0.15) is 0 Å². The lowest BCUT2D eigenvalue weighted by atomic mass is 10.0. The minimum absolute atomic E-state index is 0.0398. The predicted molar refractivity (Wildman–Crippen MR) is 83.8 cm³/mol. The molecule has 0 aliphatic carbocycles. The number of nitrogens with one attached hydrogen (secondary N) is 2. The van der Waals surface area contributed by atoms with Gasteiger partial charge in [-0.1, -0.05) is 32.4 Å². The molecule has 2 amide bonds. The summed E-state index contributed by atoms with van der Waals surface area (Å²) in [6.45, 7) is 7.90. The number of carboxylic acids is 1. The predicted octanol–water partition coefficient (Wildman–Crippen LogP) is 3.64. The minimum atomic E-state index is -1.05. The zero-order valence-corrected chi connectivity index (χ0v) is 13.1. The van der Waals surface area contributed by atoms with Crippen LogP contribution in [-0.2, 0) is 0 Å². The van der Waals surface area contributed by atoms with Gasteiger partial charge in [-0.3, -0.25) is 0 Å². The standard InChI is InChI=1S/C16H24N2O3/c1-5-10(2)9-12(4)17-16(21)18-13-8-6-7-11(3)14(13)15(19)20/h6-8,10,12H,5,9H2,1-4H3,(H,19,20)(H2,17,18,21). The molecule has 5 nitrogen and oxygen atoms in total. The first-order valence-electron chi connectivity index (χ1n) is 7.25. The van der Waals surface area contributed by atoms with Crippen LogP contribution < -0.4 is 10.6 Å². The summed E-state index contributed by atoms with van der Waals surface area (Å²) < 4.78 is 0. The molecule has 5 heteroatoms. The van der Waals surface area contributed by atoms with Crippen molar-refractivity contribution >= 4 is 17.7 Å². The number of hydrogen-bond acceptors (Lipinski definition) is 2. The van der Waals surface area contributed by atoms with Gasteiger partial charge < -0.3 is 15.7 Å². The molecule has 2 atom stereocenters. The fourth-order valence-corrected chi connectivity index (χ4v) is 2.27. The second-order valence-corrected chi connectivity index (χ2v) is 5.55. The summed E-state index contributed by atoms with van der Waals surface area (Å²) in [7, 11) is 0. The van der Waals surface area contributed by atoms with Crippen molar-refractivity contribution in [2.75, 3.05) is 5.32 Å². The van der Waals surface area contributed by atoms with E-state index >= 15 is 0 Å². The SMILES string of the molecule is CCC(C)CC(C)NC(=O)Nc1cccc(C)c1C(=O)O. The van der Waals surface area contributed by atoms with Crippen molar-refractivity contribution < 1.29 is 14.7 Å². The monoisotopic (exact) mass is 292 g/mol. The molecule has 21 heavy (non-hydrogen) atoms. The average molecular weight is 292 g/mol. The van der Waals surface area contributed by atoms with Crippen molar-refractivity contribution in [3.63, 3.8) is 0 Å². The third kappa shape index (κ3) is 5.10. The Balaban J connectivity index is 2.71. The number of benzene rings is 1. The number of aryl methyl sites for hydroxylation is 1. The lowest BCUT2D eigenvalue weighted by molar-refractivity contribution is 0.0697. The molecular formula is C16H24N2O3. The van der Waals surface area contributed by atoms with E-state index in [9.17, 15) is 14.7 Å². The molecule has 0 radical (unpaired) electrons. The Morgan fingerprint density at radius 3 is 2.52 bits per heavy atom. The molecule has 0 fully saturated rings. The number of rotatable bonds is 6. The van der Waals surface area contributed by atoms with E-state index in [2.05, 4.69) is 24.5 Å². The Bertz CT molecular complexity index is 514. The molecule has 116 valence electrons. The second kappa shape index (κ2) is 7.67. The Morgan fingerprint density at radius 2 is 1.95 bits per heavy atom. The summed E-state index contributed by atoms with van der Waals surface area (Å²) in [6.07, 6.45) is 1.96. The van der Waals surface area contributed by atoms with Gasteiger partial charge in [0.15, 0.2) is 0 Å². The number of urea groups is 1. The third-order valence-electron chi connectivity index (χ3n) is 3.57. The fourth-order valence-electron chi connectivity index (χ4n) is 2.27. The van der Waals surface area contributed by atoms with Crippen LogP contribution >= 0.6 is 0 Å². The molecular weight excluding hydrogens is 268 g/mol. The van der Waals surface area contributed by atoms with Crippen LogP contribution in [0, 0.1) is 12.8 Å². The lowest BCUT2D eigenvalue weighted by Crippen LogP contribution is -2.37. The van der Waals surface area contributed by atoms with E-state index < -0.39 is 5.97 Å². The van der Waals surface area contributed by atoms with Gasteiger partial charge in [0.25, 0.3) is 0 Å². The Morgan fingerprint density at radius 1 is 1.29 bits per heavy atom. The highest BCUT2D eigenvalue weighted by atomic mass is 16.4. The molecule has 0 heterocycles. The molecule has 0 spiro atoms. The van der Waals surface area contributed by atoms with Crippen LogP contribution in [0.1, 0.15) is 49.5 Å². The van der Waals surface area contributed by atoms with E-state index in [1.165, 1.54) is 0 Å². The number of hydrogen-bond donors (Lipinski definition) is 3. The third-order valence-corrected chi connectivity index (χ3v) is 3.57. The molecule has 0 bridgehead atoms. The van der Waals surface area contributed by atoms with E-state index in [4.69, 9.17) is 0 Å². The first-order chi connectivity index (χ1) is 9.85. The summed E-state index contributed by atoms with van der Waals surface area (Å²) >= 11 is 0. The van der Waals surface area contributed by atoms with Gasteiger partial charge in [0.2, 0.25) is 0 Å². The highest BCUT2D eigenvalue weighted by Crippen LogP contribution is 2.19. The topological polar surface area (TPSA) is 78.4 Å². The van der Waals surface area contributed by atoms with Gasteiger partial charge in [0.05, 0.1) is 11.3 Å². The summed E-state index contributed by atoms with van der Waals surface area (Å²) in [4.78, 5) is 23.2. The molecule has 1 aromatic rings. The average Bonchev–Trinajstić information content (AvgIpc) is 2.37. The molecule has 0 saturated heterocycles. The molecule has 0 aromatic heterocycles. The normalized spacial score (nSPS) is 13.3. The van der Waals surface area contributed by atoms with Gasteiger partial charge in [-0.25, -0.2) is 9.59 Å². The molecule has 3 N–H and O–H groups in total. The summed E-state index contributed by atoms with van der Waals surface area (Å²) in [5.41, 5.74) is 1.06. The smallest absolute Gasteiger partial charge is 0.338 e. The number of carboxylic acid groups (broad SMARTS) is 1. The molecule has 1 rings (SSSR count). The van der Waals surface area contributed by atoms with Crippen molar-refractivity contribution in [2.45, 2.75) is 46.6 Å². The van der Waals surface area contributed by atoms with E-state index in [0.717, 1.165) is 12.8 Å². The summed E-state index contributed by atoms with van der Waals surface area (Å²) in [6, 6.07) is 4.69. The first-order valence-corrected chi connectivity index (χ1v) is 7.25. The van der Waals surface area contributed by atoms with Crippen LogP contribution in [0.25, 0.3) is 0 Å². The van der Waals surface area contributed by atoms with Gasteiger partial charge in [-0.05, 0) is 37.8 Å². The van der Waals surface area contributed by atoms with Gasteiger partial charge >= 0.3 is 12.0 Å². The quantitative estimate of drug-likeness (QED) is 0.749. The van der Waals surface area contributed by atoms with Crippen molar-refractivity contribution in [1.29, 1.82) is 0 Å². The molecule has 1 aromatic carbocycles. The number of anilines is 1. The van der Waals surface area contributed by atoms with Crippen LogP contribution in [0.3, 0.4) is 0 Å². The lowest BCUT2D eigenvalue weighted by Gasteiger charge is -2.18. The Hall–Kier alpha value is -2.04. The molecule has 0 saturated carbocycles. The molecule has 0 aliphatic heterocycles. The van der Waals surface area contributed by atoms with Crippen molar-refractivity contribution in [2.24, 2.45) is 5.92 Å². The summed E-state index contributed by atoms with van der Waals surface area (Å²) in [5, 5.41) is 14.7. The maximum Gasteiger partial charge on any atom is 0.338 e. The van der Waals surface area contributed by atoms with Crippen molar-refractivity contribution in [3.8, 4) is 0 Å². The second-order valence-electron chi connectivity index (χ2n) is 5.55. The van der Waals surface area contributed by atoms with E-state index in [1.807, 2.05) is 6.92 Å². The summed E-state index contributed by atoms with van der Waals surface area (Å²) in [5.74, 6) is -0.509. The van der Waals surface area contributed by atoms with Gasteiger partial charge in [-0.15, -0.1) is 0 Å². The number of carbonyl (C=O) groups excluding carboxylic acids is 1. The van der Waals surface area contributed by atoms with Crippen molar-refractivity contribution in [3.05, 3.63) is 29.3 Å². The van der Waals surface area contributed by atoms with Crippen LogP contribution in [0.2, 0.25) is 0 Å². The largest absolute Gasteiger partial charge is 0.478 e. The number of amides is 2. The van der Waals surface area contributed by atoms with Crippen LogP contribution in [0.15, 0.2) is 18.2 Å².